The van der Waals surface area contributed by atoms with Gasteiger partial charge in [0.25, 0.3) is 0 Å². The highest BCUT2D eigenvalue weighted by Gasteiger charge is 2.22. The van der Waals surface area contributed by atoms with E-state index in [1.165, 1.54) is 5.56 Å². The SMILES string of the molecule is Cc1cc(Br)ccc1NC(=O)N1CCCc2ccccc21. The minimum atomic E-state index is -0.0624. The van der Waals surface area contributed by atoms with Crippen LogP contribution in [0, 0.1) is 6.92 Å². The molecule has 0 unspecified atom stereocenters. The summed E-state index contributed by atoms with van der Waals surface area (Å²) in [6.45, 7) is 2.75. The zero-order chi connectivity index (χ0) is 14.8. The van der Waals surface area contributed by atoms with Crippen LogP contribution >= 0.6 is 15.9 Å². The summed E-state index contributed by atoms with van der Waals surface area (Å²) in [6.07, 6.45) is 2.04. The summed E-state index contributed by atoms with van der Waals surface area (Å²) in [4.78, 5) is 14.4. The maximum atomic E-state index is 12.6. The molecule has 3 rings (SSSR count). The van der Waals surface area contributed by atoms with E-state index in [9.17, 15) is 4.79 Å². The lowest BCUT2D eigenvalue weighted by Crippen LogP contribution is -2.38. The van der Waals surface area contributed by atoms with E-state index >= 15 is 0 Å². The van der Waals surface area contributed by atoms with Crippen molar-refractivity contribution in [3.05, 3.63) is 58.1 Å². The van der Waals surface area contributed by atoms with Crippen molar-refractivity contribution < 1.29 is 4.79 Å². The number of aryl methyl sites for hydroxylation is 2. The summed E-state index contributed by atoms with van der Waals surface area (Å²) in [6, 6.07) is 13.9. The van der Waals surface area contributed by atoms with Crippen LogP contribution < -0.4 is 10.2 Å². The topological polar surface area (TPSA) is 32.3 Å². The molecule has 2 aromatic rings. The average Bonchev–Trinajstić information content (AvgIpc) is 2.49. The second-order valence-corrected chi connectivity index (χ2v) is 6.19. The molecule has 0 fully saturated rings. The second-order valence-electron chi connectivity index (χ2n) is 5.27. The number of carbonyl (C=O) groups is 1. The van der Waals surface area contributed by atoms with Crippen LogP contribution in [0.4, 0.5) is 16.2 Å². The zero-order valence-corrected chi connectivity index (χ0v) is 13.5. The van der Waals surface area contributed by atoms with Gasteiger partial charge in [-0.25, -0.2) is 4.79 Å². The van der Waals surface area contributed by atoms with Crippen molar-refractivity contribution >= 4 is 33.3 Å². The van der Waals surface area contributed by atoms with E-state index in [1.807, 2.05) is 48.2 Å². The predicted molar refractivity (Wildman–Crippen MR) is 90.0 cm³/mol. The van der Waals surface area contributed by atoms with Gasteiger partial charge in [-0.1, -0.05) is 34.1 Å². The van der Waals surface area contributed by atoms with Gasteiger partial charge in [-0.3, -0.25) is 4.90 Å². The Morgan fingerprint density at radius 1 is 1.24 bits per heavy atom. The molecule has 0 atom stereocenters. The van der Waals surface area contributed by atoms with Crippen molar-refractivity contribution in [3.63, 3.8) is 0 Å². The van der Waals surface area contributed by atoms with Crippen LogP contribution in [0.15, 0.2) is 46.9 Å². The highest BCUT2D eigenvalue weighted by atomic mass is 79.9. The van der Waals surface area contributed by atoms with Crippen molar-refractivity contribution in [1.29, 1.82) is 0 Å². The molecule has 0 aromatic heterocycles. The van der Waals surface area contributed by atoms with Crippen LogP contribution in [0.5, 0.6) is 0 Å². The van der Waals surface area contributed by atoms with E-state index in [1.54, 1.807) is 0 Å². The number of rotatable bonds is 1. The lowest BCUT2D eigenvalue weighted by molar-refractivity contribution is 0.256. The molecule has 0 saturated carbocycles. The molecule has 1 aliphatic heterocycles. The van der Waals surface area contributed by atoms with Gasteiger partial charge >= 0.3 is 6.03 Å². The van der Waals surface area contributed by atoms with E-state index in [2.05, 4.69) is 27.3 Å². The van der Waals surface area contributed by atoms with Gasteiger partial charge in [-0.05, 0) is 55.2 Å². The maximum absolute atomic E-state index is 12.6. The molecule has 3 nitrogen and oxygen atoms in total. The molecule has 0 radical (unpaired) electrons. The van der Waals surface area contributed by atoms with Gasteiger partial charge in [0.15, 0.2) is 0 Å². The quantitative estimate of drug-likeness (QED) is 0.795. The molecule has 4 heteroatoms. The summed E-state index contributed by atoms with van der Waals surface area (Å²) in [5.74, 6) is 0. The normalized spacial score (nSPS) is 13.7. The fourth-order valence-electron chi connectivity index (χ4n) is 2.69. The molecule has 0 bridgehead atoms. The van der Waals surface area contributed by atoms with E-state index in [0.717, 1.165) is 40.8 Å². The van der Waals surface area contributed by atoms with Gasteiger partial charge in [0.2, 0.25) is 0 Å². The van der Waals surface area contributed by atoms with Gasteiger partial charge in [0.1, 0.15) is 0 Å². The lowest BCUT2D eigenvalue weighted by atomic mass is 10.0. The molecule has 1 N–H and O–H groups in total. The van der Waals surface area contributed by atoms with Crippen LogP contribution in [0.3, 0.4) is 0 Å². The molecule has 0 spiro atoms. The predicted octanol–water partition coefficient (Wildman–Crippen LogP) is 4.74. The Bertz CT molecular complexity index is 684. The molecule has 1 aliphatic rings. The van der Waals surface area contributed by atoms with E-state index < -0.39 is 0 Å². The van der Waals surface area contributed by atoms with Gasteiger partial charge in [-0.15, -0.1) is 0 Å². The second kappa shape index (κ2) is 5.90. The molecule has 2 amide bonds. The Morgan fingerprint density at radius 2 is 2.05 bits per heavy atom. The van der Waals surface area contributed by atoms with Gasteiger partial charge < -0.3 is 5.32 Å². The molecule has 21 heavy (non-hydrogen) atoms. The van der Waals surface area contributed by atoms with E-state index in [-0.39, 0.29) is 6.03 Å². The average molecular weight is 345 g/mol. The summed E-state index contributed by atoms with van der Waals surface area (Å²) < 4.78 is 1.02. The van der Waals surface area contributed by atoms with Gasteiger partial charge in [-0.2, -0.15) is 0 Å². The van der Waals surface area contributed by atoms with E-state index in [4.69, 9.17) is 0 Å². The van der Waals surface area contributed by atoms with Gasteiger partial charge in [0, 0.05) is 22.4 Å². The minimum Gasteiger partial charge on any atom is -0.307 e. The van der Waals surface area contributed by atoms with E-state index in [0.29, 0.717) is 0 Å². The first-order valence-corrected chi connectivity index (χ1v) is 7.87. The number of amides is 2. The standard InChI is InChI=1S/C17H17BrN2O/c1-12-11-14(18)8-9-15(12)19-17(21)20-10-4-6-13-5-2-3-7-16(13)20/h2-3,5,7-9,11H,4,6,10H2,1H3,(H,19,21). The van der Waals surface area contributed by atoms with Crippen molar-refractivity contribution in [1.82, 2.24) is 0 Å². The molecular weight excluding hydrogens is 328 g/mol. The smallest absolute Gasteiger partial charge is 0.307 e. The zero-order valence-electron chi connectivity index (χ0n) is 11.9. The lowest BCUT2D eigenvalue weighted by Gasteiger charge is -2.29. The Balaban J connectivity index is 1.83. The number of halogens is 1. The molecule has 108 valence electrons. The van der Waals surface area contributed by atoms with Crippen LogP contribution in [-0.2, 0) is 6.42 Å². The number of para-hydroxylation sites is 1. The van der Waals surface area contributed by atoms with Gasteiger partial charge in [0.05, 0.1) is 0 Å². The number of benzene rings is 2. The summed E-state index contributed by atoms with van der Waals surface area (Å²) in [5.41, 5.74) is 4.16. The Morgan fingerprint density at radius 3 is 2.86 bits per heavy atom. The maximum Gasteiger partial charge on any atom is 0.326 e. The third kappa shape index (κ3) is 2.95. The monoisotopic (exact) mass is 344 g/mol. The number of nitrogens with one attached hydrogen (secondary N) is 1. The molecule has 0 aliphatic carbocycles. The fraction of sp³-hybridized carbons (Fsp3) is 0.235. The van der Waals surface area contributed by atoms with Crippen LogP contribution in [-0.4, -0.2) is 12.6 Å². The van der Waals surface area contributed by atoms with Crippen molar-refractivity contribution in [2.24, 2.45) is 0 Å². The first-order valence-electron chi connectivity index (χ1n) is 7.08. The third-order valence-electron chi connectivity index (χ3n) is 3.79. The molecular formula is C17H17BrN2O. The van der Waals surface area contributed by atoms with Crippen molar-refractivity contribution in [2.75, 3.05) is 16.8 Å². The number of anilines is 2. The van der Waals surface area contributed by atoms with Crippen LogP contribution in [0.2, 0.25) is 0 Å². The first-order chi connectivity index (χ1) is 10.1. The molecule has 0 saturated heterocycles. The third-order valence-corrected chi connectivity index (χ3v) is 4.28. The largest absolute Gasteiger partial charge is 0.326 e. The number of nitrogens with zero attached hydrogens (tertiary/aromatic N) is 1. The highest BCUT2D eigenvalue weighted by molar-refractivity contribution is 9.10. The highest BCUT2D eigenvalue weighted by Crippen LogP contribution is 2.28. The number of urea groups is 1. The van der Waals surface area contributed by atoms with Crippen molar-refractivity contribution in [3.8, 4) is 0 Å². The Kier molecular flexibility index (Phi) is 3.97. The first kappa shape index (κ1) is 14.1. The van der Waals surface area contributed by atoms with Crippen molar-refractivity contribution in [2.45, 2.75) is 19.8 Å². The Labute approximate surface area is 133 Å². The summed E-state index contributed by atoms with van der Waals surface area (Å²) in [5, 5.41) is 3.01. The van der Waals surface area contributed by atoms with Crippen LogP contribution in [0.1, 0.15) is 17.5 Å². The van der Waals surface area contributed by atoms with Crippen LogP contribution in [0.25, 0.3) is 0 Å². The minimum absolute atomic E-state index is 0.0624. The fourth-order valence-corrected chi connectivity index (χ4v) is 3.17. The molecule has 1 heterocycles. The summed E-state index contributed by atoms with van der Waals surface area (Å²) >= 11 is 3.44. The number of fused-ring (bicyclic) bond motifs is 1. The summed E-state index contributed by atoms with van der Waals surface area (Å²) in [7, 11) is 0. The number of carbonyl (C=O) groups excluding carboxylic acids is 1. The number of hydrogen-bond acceptors (Lipinski definition) is 1. The molecule has 2 aromatic carbocycles. The number of hydrogen-bond donors (Lipinski definition) is 1. The Hall–Kier alpha value is -1.81.